The molecule has 0 radical (unpaired) electrons. The lowest BCUT2D eigenvalue weighted by molar-refractivity contribution is 0.139. The predicted octanol–water partition coefficient (Wildman–Crippen LogP) is 2.59. The van der Waals surface area contributed by atoms with Crippen LogP contribution < -0.4 is 10.2 Å². The lowest BCUT2D eigenvalue weighted by Crippen LogP contribution is -2.58. The smallest absolute Gasteiger partial charge is 0.0642 e. The normalized spacial score (nSPS) is 19.7. The van der Waals surface area contributed by atoms with Gasteiger partial charge in [-0.15, -0.1) is 0 Å². The first-order valence-electron chi connectivity index (χ1n) is 6.84. The highest BCUT2D eigenvalue weighted by Gasteiger charge is 2.32. The number of halogens is 1. The lowest BCUT2D eigenvalue weighted by Gasteiger charge is -2.47. The van der Waals surface area contributed by atoms with Gasteiger partial charge in [0, 0.05) is 31.7 Å². The summed E-state index contributed by atoms with van der Waals surface area (Å²) in [5, 5.41) is 4.08. The molecule has 1 saturated heterocycles. The molecule has 0 saturated carbocycles. The van der Waals surface area contributed by atoms with Crippen molar-refractivity contribution in [2.45, 2.75) is 25.9 Å². The number of benzene rings is 1. The summed E-state index contributed by atoms with van der Waals surface area (Å²) in [6, 6.07) is 6.17. The molecule has 0 aliphatic carbocycles. The van der Waals surface area contributed by atoms with E-state index < -0.39 is 0 Å². The second-order valence-corrected chi connectivity index (χ2v) is 6.34. The van der Waals surface area contributed by atoms with Crippen LogP contribution in [0.1, 0.15) is 19.4 Å². The van der Waals surface area contributed by atoms with Gasteiger partial charge in [0.2, 0.25) is 0 Å². The number of nitrogens with zero attached hydrogens (tertiary/aromatic N) is 2. The quantitative estimate of drug-likeness (QED) is 0.919. The highest BCUT2D eigenvalue weighted by molar-refractivity contribution is 6.33. The van der Waals surface area contributed by atoms with E-state index in [2.05, 4.69) is 42.1 Å². The first-order valence-corrected chi connectivity index (χ1v) is 7.21. The van der Waals surface area contributed by atoms with Crippen LogP contribution in [0, 0.1) is 0 Å². The molecule has 0 spiro atoms. The Morgan fingerprint density at radius 1 is 1.32 bits per heavy atom. The molecule has 1 aromatic carbocycles. The van der Waals surface area contributed by atoms with Crippen LogP contribution >= 0.6 is 11.6 Å². The first-order chi connectivity index (χ1) is 8.95. The van der Waals surface area contributed by atoms with E-state index in [4.69, 9.17) is 11.6 Å². The zero-order chi connectivity index (χ0) is 14.0. The number of anilines is 1. The van der Waals surface area contributed by atoms with Crippen LogP contribution in [0.15, 0.2) is 18.2 Å². The number of nitrogens with one attached hydrogen (secondary N) is 1. The lowest BCUT2D eigenvalue weighted by atomic mass is 9.98. The van der Waals surface area contributed by atoms with E-state index in [9.17, 15) is 0 Å². The van der Waals surface area contributed by atoms with Crippen molar-refractivity contribution in [2.24, 2.45) is 0 Å². The van der Waals surface area contributed by atoms with Crippen molar-refractivity contribution in [3.8, 4) is 0 Å². The number of hydrogen-bond donors (Lipinski definition) is 1. The molecule has 3 nitrogen and oxygen atoms in total. The molecule has 0 atom stereocenters. The van der Waals surface area contributed by atoms with Crippen molar-refractivity contribution in [1.82, 2.24) is 10.2 Å². The molecular weight excluding hydrogens is 258 g/mol. The van der Waals surface area contributed by atoms with Gasteiger partial charge in [-0.05, 0) is 39.6 Å². The van der Waals surface area contributed by atoms with Crippen molar-refractivity contribution >= 4 is 17.3 Å². The second-order valence-electron chi connectivity index (χ2n) is 5.93. The third-order valence-corrected chi connectivity index (χ3v) is 4.38. The molecule has 106 valence electrons. The molecular formula is C15H24ClN3. The molecule has 1 aromatic rings. The van der Waals surface area contributed by atoms with Gasteiger partial charge in [0.05, 0.1) is 10.7 Å². The van der Waals surface area contributed by atoms with Gasteiger partial charge in [-0.2, -0.15) is 0 Å². The topological polar surface area (TPSA) is 18.5 Å². The summed E-state index contributed by atoms with van der Waals surface area (Å²) in [4.78, 5) is 4.84. The van der Waals surface area contributed by atoms with Gasteiger partial charge in [-0.25, -0.2) is 0 Å². The molecule has 2 rings (SSSR count). The predicted molar refractivity (Wildman–Crippen MR) is 83.1 cm³/mol. The highest BCUT2D eigenvalue weighted by Crippen LogP contribution is 2.33. The van der Waals surface area contributed by atoms with Crippen LogP contribution in [0.2, 0.25) is 5.02 Å². The Kier molecular flexibility index (Phi) is 4.39. The Hall–Kier alpha value is -0.770. The van der Waals surface area contributed by atoms with Crippen LogP contribution in [0.5, 0.6) is 0 Å². The summed E-state index contributed by atoms with van der Waals surface area (Å²) in [5.41, 5.74) is 2.64. The van der Waals surface area contributed by atoms with Crippen LogP contribution in [0.25, 0.3) is 0 Å². The molecule has 4 heteroatoms. The van der Waals surface area contributed by atoms with Gasteiger partial charge < -0.3 is 10.2 Å². The minimum absolute atomic E-state index is 0.175. The molecule has 1 heterocycles. The fourth-order valence-corrected chi connectivity index (χ4v) is 2.99. The van der Waals surface area contributed by atoms with Crippen LogP contribution in [0.3, 0.4) is 0 Å². The highest BCUT2D eigenvalue weighted by atomic mass is 35.5. The van der Waals surface area contributed by atoms with Crippen molar-refractivity contribution in [3.05, 3.63) is 28.8 Å². The van der Waals surface area contributed by atoms with Gasteiger partial charge in [-0.3, -0.25) is 4.90 Å². The summed E-state index contributed by atoms with van der Waals surface area (Å²) in [5.74, 6) is 0. The van der Waals surface area contributed by atoms with Crippen molar-refractivity contribution < 1.29 is 0 Å². The molecule has 1 fully saturated rings. The number of piperazine rings is 1. The molecule has 0 unspecified atom stereocenters. The van der Waals surface area contributed by atoms with E-state index >= 15 is 0 Å². The van der Waals surface area contributed by atoms with Crippen molar-refractivity contribution in [1.29, 1.82) is 0 Å². The monoisotopic (exact) mass is 281 g/mol. The summed E-state index contributed by atoms with van der Waals surface area (Å²) in [7, 11) is 4.16. The summed E-state index contributed by atoms with van der Waals surface area (Å²) in [6.45, 7) is 8.52. The largest absolute Gasteiger partial charge is 0.367 e. The first kappa shape index (κ1) is 14.6. The van der Waals surface area contributed by atoms with Crippen molar-refractivity contribution in [2.75, 3.05) is 38.6 Å². The van der Waals surface area contributed by atoms with Gasteiger partial charge in [-0.1, -0.05) is 23.7 Å². The summed E-state index contributed by atoms with van der Waals surface area (Å²) in [6.07, 6.45) is 0. The van der Waals surface area contributed by atoms with E-state index in [-0.39, 0.29) is 5.54 Å². The minimum Gasteiger partial charge on any atom is -0.367 e. The zero-order valence-electron chi connectivity index (χ0n) is 12.3. The summed E-state index contributed by atoms with van der Waals surface area (Å²) < 4.78 is 0. The fraction of sp³-hybridized carbons (Fsp3) is 0.600. The number of likely N-dealkylation sites (N-methyl/N-ethyl adjacent to an activating group) is 1. The zero-order valence-corrected chi connectivity index (χ0v) is 13.1. The van der Waals surface area contributed by atoms with Gasteiger partial charge in [0.15, 0.2) is 0 Å². The average Bonchev–Trinajstić information content (AvgIpc) is 2.33. The van der Waals surface area contributed by atoms with E-state index in [0.717, 1.165) is 31.2 Å². The van der Waals surface area contributed by atoms with E-state index in [1.807, 2.05) is 19.2 Å². The third-order valence-electron chi connectivity index (χ3n) is 4.07. The SMILES string of the molecule is CNCc1cccc(Cl)c1N1CCN(C)C(C)(C)C1. The fourth-order valence-electron chi connectivity index (χ4n) is 2.68. The van der Waals surface area contributed by atoms with Gasteiger partial charge >= 0.3 is 0 Å². The number of rotatable bonds is 3. The third kappa shape index (κ3) is 3.04. The molecule has 0 bridgehead atoms. The van der Waals surface area contributed by atoms with E-state index in [1.54, 1.807) is 0 Å². The molecule has 1 aliphatic rings. The number of para-hydroxylation sites is 1. The maximum atomic E-state index is 6.44. The van der Waals surface area contributed by atoms with Crippen LogP contribution in [-0.2, 0) is 6.54 Å². The Morgan fingerprint density at radius 2 is 2.05 bits per heavy atom. The Bertz CT molecular complexity index is 445. The molecule has 1 aliphatic heterocycles. The molecule has 0 amide bonds. The maximum Gasteiger partial charge on any atom is 0.0642 e. The van der Waals surface area contributed by atoms with Crippen LogP contribution in [0.4, 0.5) is 5.69 Å². The minimum atomic E-state index is 0.175. The molecule has 1 N–H and O–H groups in total. The Morgan fingerprint density at radius 3 is 2.68 bits per heavy atom. The molecule has 19 heavy (non-hydrogen) atoms. The Labute approximate surface area is 121 Å². The van der Waals surface area contributed by atoms with Crippen LogP contribution in [-0.4, -0.2) is 44.2 Å². The summed E-state index contributed by atoms with van der Waals surface area (Å²) >= 11 is 6.44. The standard InChI is InChI=1S/C15H24ClN3/c1-15(2)11-19(9-8-18(15)4)14-12(10-17-3)6-5-7-13(14)16/h5-7,17H,8-11H2,1-4H3. The maximum absolute atomic E-state index is 6.44. The van der Waals surface area contributed by atoms with E-state index in [1.165, 1.54) is 11.3 Å². The molecule has 0 aromatic heterocycles. The average molecular weight is 282 g/mol. The van der Waals surface area contributed by atoms with E-state index in [0.29, 0.717) is 0 Å². The second kappa shape index (κ2) is 5.70. The van der Waals surface area contributed by atoms with Crippen molar-refractivity contribution in [3.63, 3.8) is 0 Å². The Balaban J connectivity index is 2.31. The number of hydrogen-bond acceptors (Lipinski definition) is 3. The van der Waals surface area contributed by atoms with Gasteiger partial charge in [0.25, 0.3) is 0 Å². The van der Waals surface area contributed by atoms with Gasteiger partial charge in [0.1, 0.15) is 0 Å².